The summed E-state index contributed by atoms with van der Waals surface area (Å²) in [5, 5.41) is 3.58. The number of fused-ring (bicyclic) bond motifs is 1. The average molecular weight is 372 g/mol. The lowest BCUT2D eigenvalue weighted by molar-refractivity contribution is 0.0526. The van der Waals surface area contributed by atoms with Crippen LogP contribution in [-0.2, 0) is 17.6 Å². The number of hydrogen-bond donors (Lipinski definition) is 1. The molecule has 1 aromatic heterocycles. The zero-order valence-corrected chi connectivity index (χ0v) is 16.6. The van der Waals surface area contributed by atoms with Crippen LogP contribution in [0.2, 0.25) is 0 Å². The van der Waals surface area contributed by atoms with Crippen LogP contribution in [0.5, 0.6) is 0 Å². The summed E-state index contributed by atoms with van der Waals surface area (Å²) in [4.78, 5) is 26.5. The van der Waals surface area contributed by atoms with E-state index in [0.717, 1.165) is 36.0 Å². The van der Waals surface area contributed by atoms with Gasteiger partial charge in [0.15, 0.2) is 0 Å². The maximum absolute atomic E-state index is 12.7. The summed E-state index contributed by atoms with van der Waals surface area (Å²) in [5.41, 5.74) is 4.43. The number of anilines is 1. The molecule has 0 bridgehead atoms. The molecule has 0 saturated heterocycles. The number of esters is 1. The lowest BCUT2D eigenvalue weighted by Crippen LogP contribution is -2.16. The number of aryl methyl sites for hydroxylation is 2. The van der Waals surface area contributed by atoms with Crippen molar-refractivity contribution < 1.29 is 14.3 Å². The standard InChI is InChI=1S/C21H25NO3S/c1-5-25-21(24)18-16-9-6-12(2)10-17(16)26-20(18)22-19(23)15-8-7-13(3)14(4)11-15/h7-8,11-12H,5-6,9-10H2,1-4H3,(H,22,23)/t12-/m0/s1. The Labute approximate surface area is 158 Å². The molecule has 0 unspecified atom stereocenters. The fourth-order valence-corrected chi connectivity index (χ4v) is 4.71. The molecule has 26 heavy (non-hydrogen) atoms. The van der Waals surface area contributed by atoms with Crippen LogP contribution in [0.25, 0.3) is 0 Å². The van der Waals surface area contributed by atoms with E-state index in [4.69, 9.17) is 4.74 Å². The second-order valence-electron chi connectivity index (χ2n) is 7.03. The predicted molar refractivity (Wildman–Crippen MR) is 105 cm³/mol. The van der Waals surface area contributed by atoms with E-state index in [2.05, 4.69) is 12.2 Å². The Hall–Kier alpha value is -2.14. The van der Waals surface area contributed by atoms with Crippen LogP contribution in [0, 0.1) is 19.8 Å². The molecule has 1 atom stereocenters. The number of nitrogens with one attached hydrogen (secondary N) is 1. The first-order valence-electron chi connectivity index (χ1n) is 9.11. The number of carbonyl (C=O) groups excluding carboxylic acids is 2. The summed E-state index contributed by atoms with van der Waals surface area (Å²) < 4.78 is 5.26. The van der Waals surface area contributed by atoms with Gasteiger partial charge in [0.1, 0.15) is 5.00 Å². The average Bonchev–Trinajstić information content (AvgIpc) is 2.94. The molecule has 4 nitrogen and oxygen atoms in total. The fourth-order valence-electron chi connectivity index (χ4n) is 3.32. The molecule has 1 aliphatic rings. The lowest BCUT2D eigenvalue weighted by Gasteiger charge is -2.18. The van der Waals surface area contributed by atoms with Crippen molar-refractivity contribution in [2.24, 2.45) is 5.92 Å². The zero-order valence-electron chi connectivity index (χ0n) is 15.8. The maximum atomic E-state index is 12.7. The van der Waals surface area contributed by atoms with E-state index in [1.54, 1.807) is 6.92 Å². The number of carbonyl (C=O) groups is 2. The molecular formula is C21H25NO3S. The van der Waals surface area contributed by atoms with Crippen molar-refractivity contribution in [1.29, 1.82) is 0 Å². The molecule has 1 aromatic carbocycles. The van der Waals surface area contributed by atoms with Gasteiger partial charge < -0.3 is 10.1 Å². The monoisotopic (exact) mass is 371 g/mol. The third kappa shape index (κ3) is 3.68. The summed E-state index contributed by atoms with van der Waals surface area (Å²) in [6.07, 6.45) is 2.87. The highest BCUT2D eigenvalue weighted by molar-refractivity contribution is 7.17. The largest absolute Gasteiger partial charge is 0.462 e. The molecule has 0 spiro atoms. The highest BCUT2D eigenvalue weighted by Gasteiger charge is 2.29. The maximum Gasteiger partial charge on any atom is 0.341 e. The lowest BCUT2D eigenvalue weighted by atomic mass is 9.88. The quantitative estimate of drug-likeness (QED) is 0.776. The molecule has 0 radical (unpaired) electrons. The first-order chi connectivity index (χ1) is 12.4. The van der Waals surface area contributed by atoms with Crippen molar-refractivity contribution >= 4 is 28.2 Å². The number of benzene rings is 1. The number of hydrogen-bond acceptors (Lipinski definition) is 4. The predicted octanol–water partition coefficient (Wildman–Crippen LogP) is 4.92. The Kier molecular flexibility index (Phi) is 5.47. The molecular weight excluding hydrogens is 346 g/mol. The Morgan fingerprint density at radius 3 is 2.73 bits per heavy atom. The van der Waals surface area contributed by atoms with Gasteiger partial charge in [-0.1, -0.05) is 13.0 Å². The summed E-state index contributed by atoms with van der Waals surface area (Å²) in [6.45, 7) is 8.35. The summed E-state index contributed by atoms with van der Waals surface area (Å²) in [7, 11) is 0. The van der Waals surface area contributed by atoms with Crippen LogP contribution in [0.15, 0.2) is 18.2 Å². The SMILES string of the molecule is CCOC(=O)c1c(NC(=O)c2ccc(C)c(C)c2)sc2c1CC[C@H](C)C2. The van der Waals surface area contributed by atoms with Crippen LogP contribution in [0.3, 0.4) is 0 Å². The molecule has 0 saturated carbocycles. The fraction of sp³-hybridized carbons (Fsp3) is 0.429. The Morgan fingerprint density at radius 2 is 2.04 bits per heavy atom. The summed E-state index contributed by atoms with van der Waals surface area (Å²) in [6, 6.07) is 5.64. The van der Waals surface area contributed by atoms with Crippen molar-refractivity contribution in [3.05, 3.63) is 50.9 Å². The van der Waals surface area contributed by atoms with Gasteiger partial charge in [-0.2, -0.15) is 0 Å². The first-order valence-corrected chi connectivity index (χ1v) is 9.92. The Balaban J connectivity index is 1.94. The Bertz CT molecular complexity index is 853. The topological polar surface area (TPSA) is 55.4 Å². The Morgan fingerprint density at radius 1 is 1.27 bits per heavy atom. The molecule has 1 heterocycles. The van der Waals surface area contributed by atoms with Crippen LogP contribution in [-0.4, -0.2) is 18.5 Å². The van der Waals surface area contributed by atoms with E-state index in [0.29, 0.717) is 28.7 Å². The van der Waals surface area contributed by atoms with E-state index in [9.17, 15) is 9.59 Å². The van der Waals surface area contributed by atoms with Gasteiger partial charge in [-0.25, -0.2) is 4.79 Å². The van der Waals surface area contributed by atoms with Gasteiger partial charge in [-0.05, 0) is 74.8 Å². The van der Waals surface area contributed by atoms with Crippen LogP contribution >= 0.6 is 11.3 Å². The minimum absolute atomic E-state index is 0.190. The summed E-state index contributed by atoms with van der Waals surface area (Å²) in [5.74, 6) is 0.0692. The van der Waals surface area contributed by atoms with Gasteiger partial charge in [0, 0.05) is 10.4 Å². The third-order valence-electron chi connectivity index (χ3n) is 4.99. The van der Waals surface area contributed by atoms with Gasteiger partial charge in [0.2, 0.25) is 0 Å². The van der Waals surface area contributed by atoms with Crippen molar-refractivity contribution in [1.82, 2.24) is 0 Å². The minimum atomic E-state index is -0.338. The third-order valence-corrected chi connectivity index (χ3v) is 6.16. The normalized spacial score (nSPS) is 16.1. The van der Waals surface area contributed by atoms with Gasteiger partial charge in [-0.3, -0.25) is 4.79 Å². The van der Waals surface area contributed by atoms with Gasteiger partial charge in [0.25, 0.3) is 5.91 Å². The second kappa shape index (κ2) is 7.62. The van der Waals surface area contributed by atoms with Gasteiger partial charge in [-0.15, -0.1) is 11.3 Å². The molecule has 1 aliphatic carbocycles. The number of rotatable bonds is 4. The minimum Gasteiger partial charge on any atom is -0.462 e. The van der Waals surface area contributed by atoms with E-state index in [1.807, 2.05) is 32.0 Å². The summed E-state index contributed by atoms with van der Waals surface area (Å²) >= 11 is 1.52. The number of ether oxygens (including phenoxy) is 1. The number of thiophene rings is 1. The molecule has 0 aliphatic heterocycles. The molecule has 1 amide bonds. The molecule has 5 heteroatoms. The molecule has 3 rings (SSSR count). The van der Waals surface area contributed by atoms with Crippen LogP contribution in [0.4, 0.5) is 5.00 Å². The van der Waals surface area contributed by atoms with E-state index >= 15 is 0 Å². The first kappa shape index (κ1) is 18.6. The number of amides is 1. The van der Waals surface area contributed by atoms with Crippen LogP contribution < -0.4 is 5.32 Å². The molecule has 138 valence electrons. The molecule has 0 fully saturated rings. The smallest absolute Gasteiger partial charge is 0.341 e. The van der Waals surface area contributed by atoms with E-state index in [-0.39, 0.29) is 11.9 Å². The van der Waals surface area contributed by atoms with E-state index < -0.39 is 0 Å². The van der Waals surface area contributed by atoms with E-state index in [1.165, 1.54) is 16.2 Å². The molecule has 1 N–H and O–H groups in total. The van der Waals surface area contributed by atoms with Crippen molar-refractivity contribution in [3.8, 4) is 0 Å². The van der Waals surface area contributed by atoms with Crippen molar-refractivity contribution in [2.75, 3.05) is 11.9 Å². The highest BCUT2D eigenvalue weighted by Crippen LogP contribution is 2.40. The van der Waals surface area contributed by atoms with Crippen LogP contribution in [0.1, 0.15) is 62.6 Å². The molecule has 2 aromatic rings. The van der Waals surface area contributed by atoms with Crippen molar-refractivity contribution in [2.45, 2.75) is 47.0 Å². The van der Waals surface area contributed by atoms with Gasteiger partial charge >= 0.3 is 5.97 Å². The highest BCUT2D eigenvalue weighted by atomic mass is 32.1. The zero-order chi connectivity index (χ0) is 18.8. The van der Waals surface area contributed by atoms with Crippen molar-refractivity contribution in [3.63, 3.8) is 0 Å². The second-order valence-corrected chi connectivity index (χ2v) is 8.13. The van der Waals surface area contributed by atoms with Gasteiger partial charge in [0.05, 0.1) is 12.2 Å².